The van der Waals surface area contributed by atoms with E-state index in [1.54, 1.807) is 18.3 Å². The van der Waals surface area contributed by atoms with Crippen LogP contribution < -0.4 is 0 Å². The summed E-state index contributed by atoms with van der Waals surface area (Å²) in [5.74, 6) is -0.596. The van der Waals surface area contributed by atoms with Gasteiger partial charge in [0.05, 0.1) is 5.70 Å². The molecule has 1 aliphatic carbocycles. The molecule has 2 amide bonds. The van der Waals surface area contributed by atoms with Gasteiger partial charge in [0.1, 0.15) is 0 Å². The third-order valence-corrected chi connectivity index (χ3v) is 3.84. The van der Waals surface area contributed by atoms with Gasteiger partial charge < -0.3 is 0 Å². The molecule has 1 aliphatic rings. The van der Waals surface area contributed by atoms with E-state index in [4.69, 9.17) is 0 Å². The first-order chi connectivity index (χ1) is 8.52. The monoisotopic (exact) mass is 261 g/mol. The number of thiophene rings is 1. The lowest BCUT2D eigenvalue weighted by molar-refractivity contribution is -0.136. The molecular weight excluding hydrogens is 246 g/mol. The van der Waals surface area contributed by atoms with Gasteiger partial charge in [-0.25, -0.2) is 4.90 Å². The number of rotatable bonds is 2. The van der Waals surface area contributed by atoms with Crippen LogP contribution >= 0.6 is 11.3 Å². The smallest absolute Gasteiger partial charge is 0.260 e. The van der Waals surface area contributed by atoms with Gasteiger partial charge in [0, 0.05) is 22.9 Å². The van der Waals surface area contributed by atoms with Crippen molar-refractivity contribution in [2.75, 3.05) is 0 Å². The predicted octanol–water partition coefficient (Wildman–Crippen LogP) is 2.99. The normalized spacial score (nSPS) is 13.6. The van der Waals surface area contributed by atoms with Crippen LogP contribution in [-0.4, -0.2) is 16.7 Å². The first-order valence-electron chi connectivity index (χ1n) is 5.79. The Hall–Kier alpha value is -1.68. The lowest BCUT2D eigenvalue weighted by atomic mass is 10.0. The molecule has 0 unspecified atom stereocenters. The highest BCUT2D eigenvalue weighted by atomic mass is 32.1. The van der Waals surface area contributed by atoms with Gasteiger partial charge in [0.15, 0.2) is 0 Å². The minimum atomic E-state index is -0.326. The second kappa shape index (κ2) is 4.90. The van der Waals surface area contributed by atoms with Gasteiger partial charge in [-0.05, 0) is 31.2 Å². The Labute approximate surface area is 110 Å². The molecule has 0 saturated carbocycles. The number of aryl methyl sites for hydroxylation is 1. The molecule has 0 aliphatic heterocycles. The van der Waals surface area contributed by atoms with Crippen LogP contribution in [0.15, 0.2) is 29.7 Å². The number of imide groups is 1. The van der Waals surface area contributed by atoms with Gasteiger partial charge in [0.2, 0.25) is 5.91 Å². The van der Waals surface area contributed by atoms with Crippen LogP contribution in [0.3, 0.4) is 0 Å². The Morgan fingerprint density at radius 3 is 2.72 bits per heavy atom. The largest absolute Gasteiger partial charge is 0.274 e. The molecular formula is C14H15NO2S. The molecule has 0 bridgehead atoms. The highest BCUT2D eigenvalue weighted by molar-refractivity contribution is 7.10. The molecule has 0 saturated heterocycles. The lowest BCUT2D eigenvalue weighted by Gasteiger charge is -2.25. The summed E-state index contributed by atoms with van der Waals surface area (Å²) >= 11 is 1.67. The van der Waals surface area contributed by atoms with Crippen molar-refractivity contribution >= 4 is 28.8 Å². The van der Waals surface area contributed by atoms with Crippen LogP contribution in [-0.2, 0) is 16.0 Å². The van der Waals surface area contributed by atoms with E-state index in [0.29, 0.717) is 11.3 Å². The van der Waals surface area contributed by atoms with Gasteiger partial charge in [-0.2, -0.15) is 0 Å². The second-order valence-corrected chi connectivity index (χ2v) is 5.33. The van der Waals surface area contributed by atoms with Crippen molar-refractivity contribution in [2.24, 2.45) is 0 Å². The van der Waals surface area contributed by atoms with E-state index in [-0.39, 0.29) is 11.8 Å². The van der Waals surface area contributed by atoms with Gasteiger partial charge >= 0.3 is 0 Å². The summed E-state index contributed by atoms with van der Waals surface area (Å²) < 4.78 is 0. The van der Waals surface area contributed by atoms with Gasteiger partial charge in [-0.15, -0.1) is 11.3 Å². The van der Waals surface area contributed by atoms with E-state index in [1.165, 1.54) is 16.7 Å². The van der Waals surface area contributed by atoms with Crippen molar-refractivity contribution in [2.45, 2.75) is 26.7 Å². The summed E-state index contributed by atoms with van der Waals surface area (Å²) in [6, 6.07) is 1.96. The fourth-order valence-electron chi connectivity index (χ4n) is 2.04. The summed E-state index contributed by atoms with van der Waals surface area (Å²) in [7, 11) is 0. The van der Waals surface area contributed by atoms with E-state index >= 15 is 0 Å². The third-order valence-electron chi connectivity index (χ3n) is 2.85. The molecule has 4 heteroatoms. The first-order valence-corrected chi connectivity index (χ1v) is 6.67. The number of hydrogen-bond donors (Lipinski definition) is 0. The summed E-state index contributed by atoms with van der Waals surface area (Å²) in [6.45, 7) is 6.66. The van der Waals surface area contributed by atoms with Crippen molar-refractivity contribution in [1.82, 2.24) is 4.90 Å². The average molecular weight is 261 g/mol. The van der Waals surface area contributed by atoms with E-state index < -0.39 is 0 Å². The van der Waals surface area contributed by atoms with E-state index in [1.807, 2.05) is 17.5 Å². The number of amides is 2. The molecule has 1 heterocycles. The molecule has 94 valence electrons. The van der Waals surface area contributed by atoms with E-state index in [2.05, 4.69) is 6.58 Å². The second-order valence-electron chi connectivity index (χ2n) is 4.33. The van der Waals surface area contributed by atoms with Gasteiger partial charge in [-0.1, -0.05) is 12.7 Å². The average Bonchev–Trinajstić information content (AvgIpc) is 2.77. The van der Waals surface area contributed by atoms with Crippen LogP contribution in [0, 0.1) is 0 Å². The van der Waals surface area contributed by atoms with Crippen LogP contribution in [0.4, 0.5) is 0 Å². The van der Waals surface area contributed by atoms with Crippen LogP contribution in [0.2, 0.25) is 0 Å². The lowest BCUT2D eigenvalue weighted by Crippen LogP contribution is -2.34. The number of carbonyl (C=O) groups excluding carboxylic acids is 2. The van der Waals surface area contributed by atoms with Gasteiger partial charge in [0.25, 0.3) is 5.91 Å². The zero-order valence-corrected chi connectivity index (χ0v) is 11.3. The van der Waals surface area contributed by atoms with Crippen LogP contribution in [0.5, 0.6) is 0 Å². The fraction of sp³-hybridized carbons (Fsp3) is 0.286. The zero-order valence-electron chi connectivity index (χ0n) is 10.5. The van der Waals surface area contributed by atoms with Crippen molar-refractivity contribution in [3.05, 3.63) is 40.1 Å². The SMILES string of the molecule is C=C(C)C(=O)N(C(C)=O)C1=CCCc2sccc21. The Morgan fingerprint density at radius 2 is 2.11 bits per heavy atom. The summed E-state index contributed by atoms with van der Waals surface area (Å²) in [5, 5.41) is 1.99. The van der Waals surface area contributed by atoms with Crippen LogP contribution in [0.1, 0.15) is 30.7 Å². The number of allylic oxidation sites excluding steroid dienone is 1. The number of fused-ring (bicyclic) bond motifs is 1. The Morgan fingerprint density at radius 1 is 1.39 bits per heavy atom. The maximum atomic E-state index is 12.1. The molecule has 0 spiro atoms. The Kier molecular flexibility index (Phi) is 3.48. The van der Waals surface area contributed by atoms with Crippen molar-refractivity contribution in [3.63, 3.8) is 0 Å². The quantitative estimate of drug-likeness (QED) is 0.767. The fourth-order valence-corrected chi connectivity index (χ4v) is 2.94. The van der Waals surface area contributed by atoms with Crippen LogP contribution in [0.25, 0.3) is 5.70 Å². The highest BCUT2D eigenvalue weighted by Crippen LogP contribution is 2.33. The molecule has 18 heavy (non-hydrogen) atoms. The van der Waals surface area contributed by atoms with Crippen molar-refractivity contribution in [1.29, 1.82) is 0 Å². The molecule has 1 aromatic heterocycles. The Bertz CT molecular complexity index is 554. The third kappa shape index (κ3) is 2.16. The molecule has 0 aromatic carbocycles. The maximum Gasteiger partial charge on any atom is 0.260 e. The predicted molar refractivity (Wildman–Crippen MR) is 73.0 cm³/mol. The van der Waals surface area contributed by atoms with Crippen molar-refractivity contribution < 1.29 is 9.59 Å². The summed E-state index contributed by atoms with van der Waals surface area (Å²) in [5.41, 5.74) is 2.07. The first kappa shape index (κ1) is 12.8. The minimum Gasteiger partial charge on any atom is -0.274 e. The molecule has 0 N–H and O–H groups in total. The summed E-state index contributed by atoms with van der Waals surface area (Å²) in [4.78, 5) is 26.3. The zero-order chi connectivity index (χ0) is 13.3. The molecule has 2 rings (SSSR count). The van der Waals surface area contributed by atoms with Crippen molar-refractivity contribution in [3.8, 4) is 0 Å². The topological polar surface area (TPSA) is 37.4 Å². The van der Waals surface area contributed by atoms with E-state index in [0.717, 1.165) is 18.4 Å². The number of hydrogen-bond acceptors (Lipinski definition) is 3. The standard InChI is InChI=1S/C14H15NO2S/c1-9(2)14(17)15(10(3)16)12-5-4-6-13-11(12)7-8-18-13/h5,7-8H,1,4,6H2,2-3H3. The molecule has 0 fully saturated rings. The number of carbonyl (C=O) groups is 2. The number of nitrogens with zero attached hydrogens (tertiary/aromatic N) is 1. The Balaban J connectivity index is 2.45. The summed E-state index contributed by atoms with van der Waals surface area (Å²) in [6.07, 6.45) is 3.79. The highest BCUT2D eigenvalue weighted by Gasteiger charge is 2.27. The minimum absolute atomic E-state index is 0.270. The molecule has 1 aromatic rings. The maximum absolute atomic E-state index is 12.1. The molecule has 0 atom stereocenters. The molecule has 0 radical (unpaired) electrons. The van der Waals surface area contributed by atoms with Gasteiger partial charge in [-0.3, -0.25) is 9.59 Å². The van der Waals surface area contributed by atoms with E-state index in [9.17, 15) is 9.59 Å². The molecule has 3 nitrogen and oxygen atoms in total.